The second-order valence-corrected chi connectivity index (χ2v) is 20.8. The number of ether oxygens (including phenoxy) is 3. The molecule has 1 saturated heterocycles. The van der Waals surface area contributed by atoms with Crippen LogP contribution in [0.1, 0.15) is 265 Å². The van der Waals surface area contributed by atoms with Gasteiger partial charge in [-0.05, 0) is 44.9 Å². The molecule has 1 heterocycles. The fourth-order valence-electron chi connectivity index (χ4n) is 9.30. The van der Waals surface area contributed by atoms with Crippen LogP contribution in [0.15, 0.2) is 48.6 Å². The zero-order chi connectivity index (χ0) is 52.5. The highest BCUT2D eigenvalue weighted by Crippen LogP contribution is 2.26. The van der Waals surface area contributed by atoms with Crippen molar-refractivity contribution in [3.05, 3.63) is 48.6 Å². The van der Waals surface area contributed by atoms with E-state index in [1.807, 2.05) is 30.4 Å². The molecule has 72 heavy (non-hydrogen) atoms. The van der Waals surface area contributed by atoms with Gasteiger partial charge in [0.2, 0.25) is 5.91 Å². The molecule has 0 aromatic rings. The summed E-state index contributed by atoms with van der Waals surface area (Å²) < 4.78 is 17.6. The smallest absolute Gasteiger partial charge is 0.306 e. The minimum absolute atomic E-state index is 0.124. The van der Waals surface area contributed by atoms with Crippen LogP contribution in [0.25, 0.3) is 0 Å². The van der Waals surface area contributed by atoms with Crippen LogP contribution in [0.2, 0.25) is 0 Å². The second kappa shape index (κ2) is 49.5. The average molecular weight is 1020 g/mol. The third-order valence-electron chi connectivity index (χ3n) is 14.1. The zero-order valence-electron chi connectivity index (χ0n) is 46.3. The maximum atomic E-state index is 13.3. The minimum Gasteiger partial charge on any atom is -0.454 e. The van der Waals surface area contributed by atoms with Crippen LogP contribution in [-0.4, -0.2) is 99.6 Å². The molecule has 1 amide bonds. The predicted molar refractivity (Wildman–Crippen MR) is 297 cm³/mol. The minimum atomic E-state index is -1.61. The number of esters is 1. The molecule has 0 bridgehead atoms. The Kier molecular flexibility index (Phi) is 46.5. The lowest BCUT2D eigenvalue weighted by atomic mass is 9.99. The van der Waals surface area contributed by atoms with Crippen molar-refractivity contribution in [3.63, 3.8) is 0 Å². The largest absolute Gasteiger partial charge is 0.454 e. The highest BCUT2D eigenvalue weighted by molar-refractivity contribution is 5.80. The lowest BCUT2D eigenvalue weighted by Gasteiger charge is -2.41. The number of hydrogen-bond donors (Lipinski definition) is 6. The van der Waals surface area contributed by atoms with Crippen LogP contribution in [0, 0.1) is 0 Å². The van der Waals surface area contributed by atoms with Gasteiger partial charge in [-0.15, -0.1) is 0 Å². The molecule has 8 unspecified atom stereocenters. The van der Waals surface area contributed by atoms with Crippen LogP contribution in [0.5, 0.6) is 0 Å². The molecule has 0 aliphatic carbocycles. The van der Waals surface area contributed by atoms with Gasteiger partial charge in [-0.25, -0.2) is 0 Å². The molecule has 420 valence electrons. The summed E-state index contributed by atoms with van der Waals surface area (Å²) in [6, 6.07) is -1.03. The second-order valence-electron chi connectivity index (χ2n) is 20.8. The summed E-state index contributed by atoms with van der Waals surface area (Å²) in [4.78, 5) is 26.5. The van der Waals surface area contributed by atoms with Crippen molar-refractivity contribution in [1.29, 1.82) is 0 Å². The molecule has 11 nitrogen and oxygen atoms in total. The third-order valence-corrected chi connectivity index (χ3v) is 14.1. The van der Waals surface area contributed by atoms with Crippen LogP contribution >= 0.6 is 0 Å². The van der Waals surface area contributed by atoms with Gasteiger partial charge in [-0.2, -0.15) is 0 Å². The summed E-state index contributed by atoms with van der Waals surface area (Å²) in [5.41, 5.74) is 0. The highest BCUT2D eigenvalue weighted by Gasteiger charge is 2.47. The first-order valence-electron chi connectivity index (χ1n) is 29.9. The van der Waals surface area contributed by atoms with Gasteiger partial charge in [0.05, 0.1) is 25.4 Å². The third kappa shape index (κ3) is 37.4. The molecule has 1 aliphatic rings. The van der Waals surface area contributed by atoms with E-state index in [-0.39, 0.29) is 19.4 Å². The Labute approximate surface area is 440 Å². The summed E-state index contributed by atoms with van der Waals surface area (Å²) in [5.74, 6) is -1.21. The molecule has 6 N–H and O–H groups in total. The van der Waals surface area contributed by atoms with Gasteiger partial charge in [0, 0.05) is 6.42 Å². The van der Waals surface area contributed by atoms with Gasteiger partial charge in [-0.3, -0.25) is 9.59 Å². The zero-order valence-corrected chi connectivity index (χ0v) is 46.3. The quantitative estimate of drug-likeness (QED) is 0.0149. The molecule has 0 aromatic carbocycles. The number of nitrogens with one attached hydrogen (secondary N) is 1. The molecule has 0 saturated carbocycles. The summed E-state index contributed by atoms with van der Waals surface area (Å²) in [6.07, 6.45) is 48.7. The highest BCUT2D eigenvalue weighted by atomic mass is 16.7. The molecule has 0 radical (unpaired) electrons. The molecule has 0 aromatic heterocycles. The Bertz CT molecular complexity index is 1350. The van der Waals surface area contributed by atoms with E-state index in [0.29, 0.717) is 12.8 Å². The maximum absolute atomic E-state index is 13.3. The predicted octanol–water partition coefficient (Wildman–Crippen LogP) is 13.7. The first-order chi connectivity index (χ1) is 35.2. The van der Waals surface area contributed by atoms with Crippen molar-refractivity contribution in [1.82, 2.24) is 5.32 Å². The fraction of sp³-hybridized carbons (Fsp3) is 0.836. The number of hydrogen-bond acceptors (Lipinski definition) is 10. The van der Waals surface area contributed by atoms with Gasteiger partial charge in [0.1, 0.15) is 24.4 Å². The van der Waals surface area contributed by atoms with E-state index in [1.165, 1.54) is 148 Å². The number of carbonyl (C=O) groups excluding carboxylic acids is 2. The van der Waals surface area contributed by atoms with Crippen molar-refractivity contribution in [2.75, 3.05) is 13.2 Å². The first kappa shape index (κ1) is 67.6. The monoisotopic (exact) mass is 1020 g/mol. The number of unbranched alkanes of at least 4 members (excludes halogenated alkanes) is 32. The van der Waals surface area contributed by atoms with Crippen LogP contribution in [-0.2, 0) is 23.8 Å². The number of carbonyl (C=O) groups is 2. The Balaban J connectivity index is 2.68. The van der Waals surface area contributed by atoms with E-state index in [1.54, 1.807) is 6.08 Å². The summed E-state index contributed by atoms with van der Waals surface area (Å²) >= 11 is 0. The SMILES string of the molecule is CC/C=C/C=C/C=C\CCCCCCC(O)C(=O)NC(COC1OC(CO)C(O)C(O)C1OC(=O)CCCCCCCCCCCCCCCCCCCCC)C(O)/C=C/CCCCCCCCCCCC. The number of rotatable bonds is 50. The number of aliphatic hydroxyl groups is 5. The molecule has 11 heteroatoms. The van der Waals surface area contributed by atoms with Crippen molar-refractivity contribution in [2.45, 2.75) is 314 Å². The van der Waals surface area contributed by atoms with E-state index < -0.39 is 67.4 Å². The Morgan fingerprint density at radius 2 is 1.00 bits per heavy atom. The van der Waals surface area contributed by atoms with Crippen LogP contribution in [0.3, 0.4) is 0 Å². The van der Waals surface area contributed by atoms with Crippen molar-refractivity contribution < 1.29 is 49.3 Å². The summed E-state index contributed by atoms with van der Waals surface area (Å²) in [5, 5.41) is 56.8. The molecule has 1 fully saturated rings. The van der Waals surface area contributed by atoms with Crippen LogP contribution in [0.4, 0.5) is 0 Å². The van der Waals surface area contributed by atoms with Gasteiger partial charge < -0.3 is 45.1 Å². The number of allylic oxidation sites excluding steroid dienone is 7. The van der Waals surface area contributed by atoms with E-state index in [0.717, 1.165) is 70.6 Å². The van der Waals surface area contributed by atoms with Gasteiger partial charge in [0.25, 0.3) is 0 Å². The van der Waals surface area contributed by atoms with Gasteiger partial charge in [-0.1, -0.05) is 262 Å². The number of aliphatic hydroxyl groups excluding tert-OH is 5. The number of amides is 1. The summed E-state index contributed by atoms with van der Waals surface area (Å²) in [6.45, 7) is 5.64. The van der Waals surface area contributed by atoms with Crippen LogP contribution < -0.4 is 5.32 Å². The molecule has 8 atom stereocenters. The Morgan fingerprint density at radius 1 is 0.556 bits per heavy atom. The molecule has 0 spiro atoms. The van der Waals surface area contributed by atoms with Gasteiger partial charge in [0.15, 0.2) is 12.4 Å². The van der Waals surface area contributed by atoms with E-state index >= 15 is 0 Å². The fourth-order valence-corrected chi connectivity index (χ4v) is 9.30. The normalized spacial score (nSPS) is 19.8. The average Bonchev–Trinajstić information content (AvgIpc) is 3.38. The first-order valence-corrected chi connectivity index (χ1v) is 29.9. The molecule has 1 rings (SSSR count). The Hall–Kier alpha value is -2.38. The summed E-state index contributed by atoms with van der Waals surface area (Å²) in [7, 11) is 0. The standard InChI is InChI=1S/C61H111NO10/c1-4-7-10-13-16-19-22-25-26-27-28-29-30-31-34-37-40-43-46-49-56(66)72-59-58(68)57(67)55(50-63)71-61(59)70-51-52(53(64)47-44-41-38-35-32-23-20-17-14-11-8-5-2)62-60(69)54(65)48-45-42-39-36-33-24-21-18-15-12-9-6-3/h9,12,15,18,21,24,44,47,52-55,57-59,61,63-65,67-68H,4-8,10-11,13-14,16-17,19-20,22-23,25-43,45-46,48-51H2,1-3H3,(H,62,69)/b12-9+,18-15+,24-21-,47-44+. The topological polar surface area (TPSA) is 175 Å². The van der Waals surface area contributed by atoms with E-state index in [4.69, 9.17) is 14.2 Å². The lowest BCUT2D eigenvalue weighted by molar-refractivity contribution is -0.305. The van der Waals surface area contributed by atoms with Crippen molar-refractivity contribution in [3.8, 4) is 0 Å². The van der Waals surface area contributed by atoms with E-state index in [9.17, 15) is 35.1 Å². The lowest BCUT2D eigenvalue weighted by Crippen LogP contribution is -2.61. The van der Waals surface area contributed by atoms with E-state index in [2.05, 4.69) is 38.2 Å². The molecular weight excluding hydrogens is 907 g/mol. The van der Waals surface area contributed by atoms with Gasteiger partial charge >= 0.3 is 5.97 Å². The molecule has 1 aliphatic heterocycles. The molecular formula is C61H111NO10. The Morgan fingerprint density at radius 3 is 1.49 bits per heavy atom. The van der Waals surface area contributed by atoms with Crippen molar-refractivity contribution in [2.24, 2.45) is 0 Å². The maximum Gasteiger partial charge on any atom is 0.306 e. The van der Waals surface area contributed by atoms with Crippen molar-refractivity contribution >= 4 is 11.9 Å².